The highest BCUT2D eigenvalue weighted by Gasteiger charge is 2.13. The van der Waals surface area contributed by atoms with Crippen molar-refractivity contribution in [2.45, 2.75) is 26.3 Å². The maximum absolute atomic E-state index is 11.9. The molecule has 0 radical (unpaired) electrons. The van der Waals surface area contributed by atoms with Gasteiger partial charge in [-0.1, -0.05) is 26.0 Å². The number of benzene rings is 1. The Kier molecular flexibility index (Phi) is 6.33. The molecule has 3 amide bonds. The molecule has 25 heavy (non-hydrogen) atoms. The summed E-state index contributed by atoms with van der Waals surface area (Å²) in [5.74, 6) is -0.431. The molecule has 0 atom stereocenters. The molecule has 0 fully saturated rings. The number of amides is 3. The zero-order valence-electron chi connectivity index (χ0n) is 14.1. The number of esters is 1. The summed E-state index contributed by atoms with van der Waals surface area (Å²) in [4.78, 5) is 35.0. The quantitative estimate of drug-likeness (QED) is 0.785. The van der Waals surface area contributed by atoms with Gasteiger partial charge in [0.1, 0.15) is 5.76 Å². The first-order chi connectivity index (χ1) is 12.0. The minimum atomic E-state index is -0.718. The second-order valence-corrected chi connectivity index (χ2v) is 5.66. The highest BCUT2D eigenvalue weighted by Crippen LogP contribution is 2.15. The van der Waals surface area contributed by atoms with Crippen molar-refractivity contribution in [3.05, 3.63) is 59.5 Å². The van der Waals surface area contributed by atoms with Gasteiger partial charge in [-0.2, -0.15) is 0 Å². The second kappa shape index (κ2) is 8.68. The highest BCUT2D eigenvalue weighted by molar-refractivity contribution is 5.96. The lowest BCUT2D eigenvalue weighted by Crippen LogP contribution is -2.41. The summed E-state index contributed by atoms with van der Waals surface area (Å²) in [5, 5.41) is 4.51. The molecule has 7 nitrogen and oxygen atoms in total. The van der Waals surface area contributed by atoms with Gasteiger partial charge in [0.05, 0.1) is 18.4 Å². The average Bonchev–Trinajstić information content (AvgIpc) is 3.11. The van der Waals surface area contributed by atoms with E-state index in [2.05, 4.69) is 24.5 Å². The minimum Gasteiger partial charge on any atom is -0.467 e. The number of carbonyl (C=O) groups is 3. The van der Waals surface area contributed by atoms with E-state index in [1.807, 2.05) is 12.1 Å². The van der Waals surface area contributed by atoms with Crippen molar-refractivity contribution in [2.24, 2.45) is 0 Å². The first-order valence-corrected chi connectivity index (χ1v) is 7.83. The van der Waals surface area contributed by atoms with E-state index in [0.717, 1.165) is 5.56 Å². The van der Waals surface area contributed by atoms with Crippen molar-refractivity contribution in [3.63, 3.8) is 0 Å². The Labute approximate surface area is 145 Å². The van der Waals surface area contributed by atoms with Crippen LogP contribution < -0.4 is 10.6 Å². The van der Waals surface area contributed by atoms with Crippen LogP contribution >= 0.6 is 0 Å². The van der Waals surface area contributed by atoms with Gasteiger partial charge in [0.25, 0.3) is 5.91 Å². The molecule has 2 aromatic rings. The Balaban J connectivity index is 1.73. The lowest BCUT2D eigenvalue weighted by Gasteiger charge is -2.08. The summed E-state index contributed by atoms with van der Waals surface area (Å²) in [5.41, 5.74) is 1.45. The Hall–Kier alpha value is -3.09. The van der Waals surface area contributed by atoms with E-state index >= 15 is 0 Å². The van der Waals surface area contributed by atoms with Crippen LogP contribution in [0.5, 0.6) is 0 Å². The lowest BCUT2D eigenvalue weighted by atomic mass is 10.0. The zero-order chi connectivity index (χ0) is 18.2. The van der Waals surface area contributed by atoms with Crippen molar-refractivity contribution in [1.29, 1.82) is 0 Å². The van der Waals surface area contributed by atoms with Gasteiger partial charge in [0.2, 0.25) is 0 Å². The molecule has 132 valence electrons. The van der Waals surface area contributed by atoms with Crippen LogP contribution in [-0.4, -0.2) is 24.5 Å². The SMILES string of the molecule is CC(C)c1ccc(C(=O)OCC(=O)NC(=O)NCc2ccco2)cc1. The number of furan rings is 1. The topological polar surface area (TPSA) is 97.6 Å². The van der Waals surface area contributed by atoms with Crippen LogP contribution in [0.3, 0.4) is 0 Å². The Bertz CT molecular complexity index is 720. The normalized spacial score (nSPS) is 10.4. The number of hydrogen-bond donors (Lipinski definition) is 2. The molecule has 1 aromatic heterocycles. The molecular weight excluding hydrogens is 324 g/mol. The zero-order valence-corrected chi connectivity index (χ0v) is 14.1. The first kappa shape index (κ1) is 18.3. The average molecular weight is 344 g/mol. The predicted octanol–water partition coefficient (Wildman–Crippen LogP) is 2.59. The molecule has 0 saturated heterocycles. The summed E-state index contributed by atoms with van der Waals surface area (Å²) in [7, 11) is 0. The fourth-order valence-corrected chi connectivity index (χ4v) is 2.01. The minimum absolute atomic E-state index is 0.147. The third kappa shape index (κ3) is 5.80. The molecule has 0 aliphatic heterocycles. The Morgan fingerprint density at radius 1 is 1.12 bits per heavy atom. The third-order valence-corrected chi connectivity index (χ3v) is 3.40. The second-order valence-electron chi connectivity index (χ2n) is 5.66. The molecule has 0 unspecified atom stereocenters. The van der Waals surface area contributed by atoms with Crippen LogP contribution in [0.2, 0.25) is 0 Å². The maximum Gasteiger partial charge on any atom is 0.338 e. The summed E-state index contributed by atoms with van der Waals surface area (Å²) in [6, 6.07) is 9.64. The number of urea groups is 1. The molecule has 1 heterocycles. The molecule has 2 rings (SSSR count). The van der Waals surface area contributed by atoms with Crippen molar-refractivity contribution in [1.82, 2.24) is 10.6 Å². The number of ether oxygens (including phenoxy) is 1. The molecular formula is C18H20N2O5. The molecule has 0 bridgehead atoms. The van der Waals surface area contributed by atoms with Gasteiger partial charge in [-0.05, 0) is 35.7 Å². The fourth-order valence-electron chi connectivity index (χ4n) is 2.01. The molecule has 0 saturated carbocycles. The molecule has 0 aliphatic carbocycles. The van der Waals surface area contributed by atoms with Crippen LogP contribution in [0.1, 0.15) is 41.4 Å². The van der Waals surface area contributed by atoms with E-state index in [4.69, 9.17) is 9.15 Å². The van der Waals surface area contributed by atoms with E-state index < -0.39 is 24.5 Å². The van der Waals surface area contributed by atoms with Crippen molar-refractivity contribution < 1.29 is 23.5 Å². The summed E-state index contributed by atoms with van der Waals surface area (Å²) in [6.07, 6.45) is 1.48. The number of rotatable bonds is 6. The van der Waals surface area contributed by atoms with Gasteiger partial charge in [0.15, 0.2) is 6.61 Å². The first-order valence-electron chi connectivity index (χ1n) is 7.83. The lowest BCUT2D eigenvalue weighted by molar-refractivity contribution is -0.123. The fraction of sp³-hybridized carbons (Fsp3) is 0.278. The van der Waals surface area contributed by atoms with Crippen molar-refractivity contribution >= 4 is 17.9 Å². The monoisotopic (exact) mass is 344 g/mol. The Morgan fingerprint density at radius 2 is 1.84 bits per heavy atom. The van der Waals surface area contributed by atoms with Crippen LogP contribution in [-0.2, 0) is 16.1 Å². The number of hydrogen-bond acceptors (Lipinski definition) is 5. The predicted molar refractivity (Wildman–Crippen MR) is 89.9 cm³/mol. The summed E-state index contributed by atoms with van der Waals surface area (Å²) in [6.45, 7) is 3.70. The van der Waals surface area contributed by atoms with Gasteiger partial charge >= 0.3 is 12.0 Å². The van der Waals surface area contributed by atoms with Crippen LogP contribution in [0.4, 0.5) is 4.79 Å². The van der Waals surface area contributed by atoms with Gasteiger partial charge in [-0.3, -0.25) is 10.1 Å². The molecule has 1 aromatic carbocycles. The van der Waals surface area contributed by atoms with Gasteiger partial charge in [0, 0.05) is 0 Å². The molecule has 2 N–H and O–H groups in total. The van der Waals surface area contributed by atoms with E-state index in [1.54, 1.807) is 24.3 Å². The molecule has 0 aliphatic rings. The Morgan fingerprint density at radius 3 is 2.44 bits per heavy atom. The number of carbonyl (C=O) groups excluding carboxylic acids is 3. The molecule has 0 spiro atoms. The van der Waals surface area contributed by atoms with E-state index in [-0.39, 0.29) is 6.54 Å². The maximum atomic E-state index is 11.9. The van der Waals surface area contributed by atoms with Crippen molar-refractivity contribution in [3.8, 4) is 0 Å². The largest absolute Gasteiger partial charge is 0.467 e. The third-order valence-electron chi connectivity index (χ3n) is 3.40. The highest BCUT2D eigenvalue weighted by atomic mass is 16.5. The van der Waals surface area contributed by atoms with Crippen molar-refractivity contribution in [2.75, 3.05) is 6.61 Å². The summed E-state index contributed by atoms with van der Waals surface area (Å²) >= 11 is 0. The number of imide groups is 1. The van der Waals surface area contributed by atoms with Gasteiger partial charge < -0.3 is 14.5 Å². The summed E-state index contributed by atoms with van der Waals surface area (Å²) < 4.78 is 9.94. The van der Waals surface area contributed by atoms with E-state index in [9.17, 15) is 14.4 Å². The van der Waals surface area contributed by atoms with Crippen LogP contribution in [0, 0.1) is 0 Å². The standard InChI is InChI=1S/C18H20N2O5/c1-12(2)13-5-7-14(8-6-13)17(22)25-11-16(21)20-18(23)19-10-15-4-3-9-24-15/h3-9,12H,10-11H2,1-2H3,(H2,19,20,21,23). The number of nitrogens with one attached hydrogen (secondary N) is 2. The van der Waals surface area contributed by atoms with E-state index in [0.29, 0.717) is 17.2 Å². The smallest absolute Gasteiger partial charge is 0.338 e. The van der Waals surface area contributed by atoms with E-state index in [1.165, 1.54) is 6.26 Å². The van der Waals surface area contributed by atoms with Gasteiger partial charge in [-0.15, -0.1) is 0 Å². The molecule has 7 heteroatoms. The van der Waals surface area contributed by atoms with Crippen LogP contribution in [0.25, 0.3) is 0 Å². The van der Waals surface area contributed by atoms with Gasteiger partial charge in [-0.25, -0.2) is 9.59 Å². The van der Waals surface area contributed by atoms with Crippen LogP contribution in [0.15, 0.2) is 47.1 Å².